The lowest BCUT2D eigenvalue weighted by Gasteiger charge is -2.46. The van der Waals surface area contributed by atoms with Crippen LogP contribution >= 0.6 is 35.7 Å². The van der Waals surface area contributed by atoms with E-state index < -0.39 is 0 Å². The molecule has 0 aromatic heterocycles. The first-order chi connectivity index (χ1) is 16.1. The molecule has 5 nitrogen and oxygen atoms in total. The highest BCUT2D eigenvalue weighted by atomic mass is 32.2. The highest BCUT2D eigenvalue weighted by molar-refractivity contribution is 8.47. The second kappa shape index (κ2) is 20.7. The summed E-state index contributed by atoms with van der Waals surface area (Å²) in [5, 5.41) is 0. The van der Waals surface area contributed by atoms with Gasteiger partial charge >= 0.3 is 0 Å². The Morgan fingerprint density at radius 2 is 1.24 bits per heavy atom. The van der Waals surface area contributed by atoms with E-state index >= 15 is 0 Å². The van der Waals surface area contributed by atoms with Gasteiger partial charge < -0.3 is 23.7 Å². The van der Waals surface area contributed by atoms with Crippen LogP contribution in [0.3, 0.4) is 0 Å². The number of hydrogen-bond acceptors (Lipinski definition) is 8. The van der Waals surface area contributed by atoms with Crippen molar-refractivity contribution in [2.24, 2.45) is 0 Å². The average Bonchev–Trinajstić information content (AvgIpc) is 2.80. The van der Waals surface area contributed by atoms with Gasteiger partial charge in [-0.15, -0.1) is 11.8 Å². The standard InChI is InChI=1S/C25H48O5S3/c1-6-11-15-26-19-20-21(27-16-12-7-2)22(28-17-13-8-3)23(29-18-14-9-4)24(30-20)33-25(31)32-10-5/h20-24H,6-19H2,1-5H3. The molecule has 5 unspecified atom stereocenters. The van der Waals surface area contributed by atoms with Crippen LogP contribution in [-0.2, 0) is 23.7 Å². The largest absolute Gasteiger partial charge is 0.379 e. The van der Waals surface area contributed by atoms with E-state index in [2.05, 4.69) is 34.6 Å². The Balaban J connectivity index is 3.11. The summed E-state index contributed by atoms with van der Waals surface area (Å²) < 4.78 is 32.8. The Morgan fingerprint density at radius 3 is 1.79 bits per heavy atom. The first-order valence-corrected chi connectivity index (χ1v) is 15.3. The third-order valence-corrected chi connectivity index (χ3v) is 8.03. The van der Waals surface area contributed by atoms with Crippen molar-refractivity contribution in [1.29, 1.82) is 0 Å². The summed E-state index contributed by atoms with van der Waals surface area (Å²) >= 11 is 8.90. The maximum Gasteiger partial charge on any atom is 0.138 e. The Labute approximate surface area is 217 Å². The molecule has 0 aromatic carbocycles. The molecule has 0 bridgehead atoms. The fourth-order valence-corrected chi connectivity index (χ4v) is 6.00. The Kier molecular flexibility index (Phi) is 19.9. The molecule has 0 aromatic rings. The van der Waals surface area contributed by atoms with Gasteiger partial charge in [-0.3, -0.25) is 0 Å². The highest BCUT2D eigenvalue weighted by Gasteiger charge is 2.48. The Morgan fingerprint density at radius 1 is 0.727 bits per heavy atom. The van der Waals surface area contributed by atoms with E-state index in [0.29, 0.717) is 26.4 Å². The van der Waals surface area contributed by atoms with Crippen LogP contribution in [0.25, 0.3) is 0 Å². The lowest BCUT2D eigenvalue weighted by molar-refractivity contribution is -0.247. The molecular weight excluding hydrogens is 476 g/mol. The minimum atomic E-state index is -0.231. The van der Waals surface area contributed by atoms with Crippen molar-refractivity contribution in [2.45, 2.75) is 116 Å². The molecule has 0 spiro atoms. The molecule has 1 heterocycles. The number of thioether (sulfide) groups is 2. The van der Waals surface area contributed by atoms with Gasteiger partial charge in [0.15, 0.2) is 0 Å². The quantitative estimate of drug-likeness (QED) is 0.134. The van der Waals surface area contributed by atoms with Crippen LogP contribution in [0, 0.1) is 0 Å². The zero-order valence-corrected chi connectivity index (χ0v) is 24.0. The van der Waals surface area contributed by atoms with Gasteiger partial charge in [-0.05, 0) is 31.4 Å². The predicted octanol–water partition coefficient (Wildman–Crippen LogP) is 6.86. The number of rotatable bonds is 19. The monoisotopic (exact) mass is 524 g/mol. The minimum absolute atomic E-state index is 0.203. The smallest absolute Gasteiger partial charge is 0.138 e. The van der Waals surface area contributed by atoms with Gasteiger partial charge in [0.1, 0.15) is 33.4 Å². The molecule has 1 saturated heterocycles. The normalized spacial score (nSPS) is 25.4. The van der Waals surface area contributed by atoms with Crippen molar-refractivity contribution in [1.82, 2.24) is 0 Å². The van der Waals surface area contributed by atoms with Crippen molar-refractivity contribution in [3.05, 3.63) is 0 Å². The van der Waals surface area contributed by atoms with Gasteiger partial charge in [0.25, 0.3) is 0 Å². The fraction of sp³-hybridized carbons (Fsp3) is 0.960. The van der Waals surface area contributed by atoms with Crippen LogP contribution < -0.4 is 0 Å². The van der Waals surface area contributed by atoms with Crippen molar-refractivity contribution >= 4 is 39.3 Å². The molecule has 1 aliphatic rings. The third kappa shape index (κ3) is 12.9. The van der Waals surface area contributed by atoms with E-state index in [1.54, 1.807) is 23.5 Å². The first kappa shape index (κ1) is 31.6. The SMILES string of the molecule is CCCCOCC1OC(SC(=S)SCC)C(OCCCC)C(OCCCC)C1OCCCC. The van der Waals surface area contributed by atoms with Crippen molar-refractivity contribution in [3.63, 3.8) is 0 Å². The Bertz CT molecular complexity index is 483. The van der Waals surface area contributed by atoms with Gasteiger partial charge in [-0.25, -0.2) is 0 Å². The summed E-state index contributed by atoms with van der Waals surface area (Å²) in [7, 11) is 0. The molecule has 1 rings (SSSR count). The first-order valence-electron chi connectivity index (χ1n) is 13.0. The van der Waals surface area contributed by atoms with Gasteiger partial charge in [-0.1, -0.05) is 84.3 Å². The van der Waals surface area contributed by atoms with Crippen LogP contribution in [0.2, 0.25) is 0 Å². The lowest BCUT2D eigenvalue weighted by atomic mass is 9.99. The van der Waals surface area contributed by atoms with Crippen LogP contribution in [0.1, 0.15) is 86.0 Å². The second-order valence-corrected chi connectivity index (χ2v) is 11.9. The molecule has 5 atom stereocenters. The van der Waals surface area contributed by atoms with Crippen LogP contribution in [0.5, 0.6) is 0 Å². The number of ether oxygens (including phenoxy) is 5. The van der Waals surface area contributed by atoms with Gasteiger partial charge in [0.2, 0.25) is 0 Å². The molecular formula is C25H48O5S3. The molecule has 1 aliphatic heterocycles. The molecule has 0 amide bonds. The summed E-state index contributed by atoms with van der Waals surface area (Å²) in [6.07, 6.45) is 7.60. The summed E-state index contributed by atoms with van der Waals surface area (Å²) in [6, 6.07) is 0. The zero-order chi connectivity index (χ0) is 24.3. The topological polar surface area (TPSA) is 46.2 Å². The zero-order valence-electron chi connectivity index (χ0n) is 21.6. The number of thiocarbonyl (C=S) groups is 1. The summed E-state index contributed by atoms with van der Waals surface area (Å²) in [6.45, 7) is 14.1. The predicted molar refractivity (Wildman–Crippen MR) is 147 cm³/mol. The van der Waals surface area contributed by atoms with Crippen LogP contribution in [0.4, 0.5) is 0 Å². The molecule has 33 heavy (non-hydrogen) atoms. The van der Waals surface area contributed by atoms with Gasteiger partial charge in [0, 0.05) is 26.4 Å². The maximum atomic E-state index is 6.61. The molecule has 8 heteroatoms. The molecule has 1 fully saturated rings. The minimum Gasteiger partial charge on any atom is -0.379 e. The highest BCUT2D eigenvalue weighted by Crippen LogP contribution is 2.36. The van der Waals surface area contributed by atoms with Crippen molar-refractivity contribution in [3.8, 4) is 0 Å². The van der Waals surface area contributed by atoms with Gasteiger partial charge in [-0.2, -0.15) is 0 Å². The molecule has 0 saturated carbocycles. The number of unbranched alkanes of at least 4 members (excludes halogenated alkanes) is 4. The summed E-state index contributed by atoms with van der Waals surface area (Å²) in [4.78, 5) is 0. The lowest BCUT2D eigenvalue weighted by Crippen LogP contribution is -2.60. The summed E-state index contributed by atoms with van der Waals surface area (Å²) in [5.74, 6) is 0.947. The number of hydrogen-bond donors (Lipinski definition) is 0. The van der Waals surface area contributed by atoms with Crippen LogP contribution in [0.15, 0.2) is 0 Å². The third-order valence-electron chi connectivity index (χ3n) is 5.41. The van der Waals surface area contributed by atoms with Crippen molar-refractivity contribution < 1.29 is 23.7 Å². The molecule has 0 radical (unpaired) electrons. The fourth-order valence-electron chi connectivity index (χ4n) is 3.46. The van der Waals surface area contributed by atoms with E-state index in [9.17, 15) is 0 Å². The van der Waals surface area contributed by atoms with E-state index in [-0.39, 0.29) is 29.9 Å². The molecule has 0 N–H and O–H groups in total. The molecule has 196 valence electrons. The van der Waals surface area contributed by atoms with E-state index in [1.807, 2.05) is 0 Å². The van der Waals surface area contributed by atoms with E-state index in [1.165, 1.54) is 0 Å². The Hall–Kier alpha value is 0.590. The van der Waals surface area contributed by atoms with Gasteiger partial charge in [0.05, 0.1) is 6.61 Å². The van der Waals surface area contributed by atoms with Crippen LogP contribution in [-0.4, -0.2) is 72.2 Å². The average molecular weight is 525 g/mol. The maximum absolute atomic E-state index is 6.61. The van der Waals surface area contributed by atoms with E-state index in [4.69, 9.17) is 35.9 Å². The second-order valence-electron chi connectivity index (χ2n) is 8.34. The van der Waals surface area contributed by atoms with Crippen molar-refractivity contribution in [2.75, 3.05) is 38.8 Å². The molecule has 0 aliphatic carbocycles. The van der Waals surface area contributed by atoms with E-state index in [0.717, 1.165) is 67.3 Å². The summed E-state index contributed by atoms with van der Waals surface area (Å²) in [5.41, 5.74) is -0.231.